The Bertz CT molecular complexity index is 476. The van der Waals surface area contributed by atoms with E-state index in [1.807, 2.05) is 19.1 Å². The molecule has 1 amide bonds. The van der Waals surface area contributed by atoms with Gasteiger partial charge in [-0.05, 0) is 25.0 Å². The highest BCUT2D eigenvalue weighted by molar-refractivity contribution is 8.13. The molecule has 0 N–H and O–H groups in total. The Hall–Kier alpha value is -1.36. The first-order valence-electron chi connectivity index (χ1n) is 5.92. The minimum atomic E-state index is 0.112. The van der Waals surface area contributed by atoms with E-state index in [1.54, 1.807) is 18.0 Å². The van der Waals surface area contributed by atoms with Crippen molar-refractivity contribution < 1.29 is 9.59 Å². The predicted molar refractivity (Wildman–Crippen MR) is 72.6 cm³/mol. The summed E-state index contributed by atoms with van der Waals surface area (Å²) in [6.45, 7) is 4.17. The summed E-state index contributed by atoms with van der Waals surface area (Å²) in [5.74, 6) is 1.12. The van der Waals surface area contributed by atoms with E-state index in [1.165, 1.54) is 11.8 Å². The monoisotopic (exact) mass is 264 g/mol. The lowest BCUT2D eigenvalue weighted by atomic mass is 10.1. The second kappa shape index (κ2) is 5.52. The lowest BCUT2D eigenvalue weighted by Crippen LogP contribution is -2.24. The second-order valence-corrected chi connectivity index (χ2v) is 5.73. The molecule has 0 aliphatic carbocycles. The summed E-state index contributed by atoms with van der Waals surface area (Å²) in [4.78, 5) is 28.8. The Morgan fingerprint density at radius 1 is 1.61 bits per heavy atom. The number of rotatable bonds is 3. The zero-order chi connectivity index (χ0) is 13.1. The van der Waals surface area contributed by atoms with Crippen LogP contribution >= 0.6 is 11.8 Å². The van der Waals surface area contributed by atoms with Crippen LogP contribution in [-0.2, 0) is 9.59 Å². The third-order valence-electron chi connectivity index (χ3n) is 2.92. The van der Waals surface area contributed by atoms with Gasteiger partial charge in [-0.15, -0.1) is 0 Å². The third kappa shape index (κ3) is 3.10. The van der Waals surface area contributed by atoms with Gasteiger partial charge in [-0.3, -0.25) is 14.6 Å². The first-order chi connectivity index (χ1) is 8.56. The van der Waals surface area contributed by atoms with Gasteiger partial charge in [0.15, 0.2) is 5.12 Å². The highest BCUT2D eigenvalue weighted by Gasteiger charge is 2.30. The highest BCUT2D eigenvalue weighted by Crippen LogP contribution is 2.27. The van der Waals surface area contributed by atoms with Crippen molar-refractivity contribution in [1.82, 2.24) is 4.98 Å². The van der Waals surface area contributed by atoms with Crippen LogP contribution in [-0.4, -0.2) is 28.3 Å². The van der Waals surface area contributed by atoms with E-state index in [9.17, 15) is 9.59 Å². The average molecular weight is 264 g/mol. The Morgan fingerprint density at radius 2 is 2.39 bits per heavy atom. The van der Waals surface area contributed by atoms with Gasteiger partial charge >= 0.3 is 0 Å². The van der Waals surface area contributed by atoms with E-state index in [4.69, 9.17) is 0 Å². The maximum atomic E-state index is 12.0. The number of carbonyl (C=O) groups is 2. The summed E-state index contributed by atoms with van der Waals surface area (Å²) >= 11 is 1.30. The highest BCUT2D eigenvalue weighted by atomic mass is 32.2. The zero-order valence-corrected chi connectivity index (χ0v) is 11.4. The molecule has 1 aromatic rings. The molecule has 4 nitrogen and oxygen atoms in total. The molecule has 1 fully saturated rings. The fraction of sp³-hybridized carbons (Fsp3) is 0.462. The van der Waals surface area contributed by atoms with Crippen LogP contribution in [0.1, 0.15) is 19.0 Å². The zero-order valence-electron chi connectivity index (χ0n) is 10.5. The number of nitrogens with zero attached hydrogens (tertiary/aromatic N) is 2. The molecule has 18 heavy (non-hydrogen) atoms. The van der Waals surface area contributed by atoms with Crippen molar-refractivity contribution in [3.63, 3.8) is 0 Å². The molecule has 1 aliphatic rings. The molecule has 5 heteroatoms. The van der Waals surface area contributed by atoms with Gasteiger partial charge in [0.05, 0.1) is 0 Å². The average Bonchev–Trinajstić information content (AvgIpc) is 2.68. The quantitative estimate of drug-likeness (QED) is 0.838. The third-order valence-corrected chi connectivity index (χ3v) is 3.96. The molecule has 1 aliphatic heterocycles. The van der Waals surface area contributed by atoms with Crippen LogP contribution in [0.25, 0.3) is 0 Å². The molecule has 1 aromatic heterocycles. The van der Waals surface area contributed by atoms with Crippen molar-refractivity contribution in [2.24, 2.45) is 5.92 Å². The SMILES string of the molecule is CC(=O)SCC1CC(=O)N(c2ccnc(C)c2)C1. The molecule has 0 aromatic carbocycles. The minimum absolute atomic E-state index is 0.112. The molecular formula is C13H16N2O2S. The number of aromatic nitrogens is 1. The Balaban J connectivity index is 2.03. The van der Waals surface area contributed by atoms with Gasteiger partial charge in [0.1, 0.15) is 0 Å². The number of anilines is 1. The number of hydrogen-bond acceptors (Lipinski definition) is 4. The topological polar surface area (TPSA) is 50.3 Å². The number of carbonyl (C=O) groups excluding carboxylic acids is 2. The van der Waals surface area contributed by atoms with Crippen molar-refractivity contribution >= 4 is 28.5 Å². The number of hydrogen-bond donors (Lipinski definition) is 0. The van der Waals surface area contributed by atoms with Crippen molar-refractivity contribution in [2.75, 3.05) is 17.2 Å². The molecule has 0 saturated carbocycles. The maximum Gasteiger partial charge on any atom is 0.227 e. The lowest BCUT2D eigenvalue weighted by Gasteiger charge is -2.16. The lowest BCUT2D eigenvalue weighted by molar-refractivity contribution is -0.117. The Labute approximate surface area is 111 Å². The van der Waals surface area contributed by atoms with E-state index in [-0.39, 0.29) is 16.9 Å². The van der Waals surface area contributed by atoms with Crippen LogP contribution in [0.15, 0.2) is 18.3 Å². The van der Waals surface area contributed by atoms with Gasteiger partial charge < -0.3 is 4.90 Å². The van der Waals surface area contributed by atoms with Crippen LogP contribution in [0.5, 0.6) is 0 Å². The van der Waals surface area contributed by atoms with Crippen LogP contribution in [0.2, 0.25) is 0 Å². The summed E-state index contributed by atoms with van der Waals surface area (Å²) in [6.07, 6.45) is 2.25. The summed E-state index contributed by atoms with van der Waals surface area (Å²) < 4.78 is 0. The molecule has 0 spiro atoms. The van der Waals surface area contributed by atoms with E-state index in [0.717, 1.165) is 17.1 Å². The number of aryl methyl sites for hydroxylation is 1. The molecule has 1 unspecified atom stereocenters. The van der Waals surface area contributed by atoms with Crippen LogP contribution in [0.4, 0.5) is 5.69 Å². The standard InChI is InChI=1S/C13H16N2O2S/c1-9-5-12(3-4-14-9)15-7-11(6-13(15)17)8-18-10(2)16/h3-5,11H,6-8H2,1-2H3. The van der Waals surface area contributed by atoms with Crippen LogP contribution in [0, 0.1) is 12.8 Å². The maximum absolute atomic E-state index is 12.0. The van der Waals surface area contributed by atoms with Crippen molar-refractivity contribution in [1.29, 1.82) is 0 Å². The van der Waals surface area contributed by atoms with Gasteiger partial charge in [-0.2, -0.15) is 0 Å². The fourth-order valence-electron chi connectivity index (χ4n) is 2.08. The molecule has 1 atom stereocenters. The first kappa shape index (κ1) is 13.1. The number of amides is 1. The largest absolute Gasteiger partial charge is 0.312 e. The van der Waals surface area contributed by atoms with E-state index in [0.29, 0.717) is 13.0 Å². The van der Waals surface area contributed by atoms with Crippen molar-refractivity contribution in [2.45, 2.75) is 20.3 Å². The molecule has 2 heterocycles. The fourth-order valence-corrected chi connectivity index (χ4v) is 2.77. The minimum Gasteiger partial charge on any atom is -0.312 e. The molecule has 1 saturated heterocycles. The second-order valence-electron chi connectivity index (χ2n) is 4.53. The summed E-state index contributed by atoms with van der Waals surface area (Å²) in [6, 6.07) is 3.77. The van der Waals surface area contributed by atoms with E-state index >= 15 is 0 Å². The summed E-state index contributed by atoms with van der Waals surface area (Å²) in [5, 5.41) is 0.112. The normalized spacial score (nSPS) is 19.3. The molecular weight excluding hydrogens is 248 g/mol. The Kier molecular flexibility index (Phi) is 4.01. The van der Waals surface area contributed by atoms with E-state index < -0.39 is 0 Å². The molecule has 2 rings (SSSR count). The van der Waals surface area contributed by atoms with Crippen molar-refractivity contribution in [3.05, 3.63) is 24.0 Å². The smallest absolute Gasteiger partial charge is 0.227 e. The van der Waals surface area contributed by atoms with Gasteiger partial charge in [0.25, 0.3) is 0 Å². The van der Waals surface area contributed by atoms with Gasteiger partial charge in [0, 0.05) is 43.2 Å². The molecule has 0 bridgehead atoms. The Morgan fingerprint density at radius 3 is 3.06 bits per heavy atom. The summed E-state index contributed by atoms with van der Waals surface area (Å²) in [7, 11) is 0. The number of thioether (sulfide) groups is 1. The van der Waals surface area contributed by atoms with Gasteiger partial charge in [-0.1, -0.05) is 11.8 Å². The van der Waals surface area contributed by atoms with Crippen molar-refractivity contribution in [3.8, 4) is 0 Å². The number of pyridine rings is 1. The van der Waals surface area contributed by atoms with Crippen LogP contribution < -0.4 is 4.90 Å². The molecule has 96 valence electrons. The van der Waals surface area contributed by atoms with Gasteiger partial charge in [0.2, 0.25) is 5.91 Å². The van der Waals surface area contributed by atoms with Gasteiger partial charge in [-0.25, -0.2) is 0 Å². The van der Waals surface area contributed by atoms with E-state index in [2.05, 4.69) is 4.98 Å². The molecule has 0 radical (unpaired) electrons. The predicted octanol–water partition coefficient (Wildman–Crippen LogP) is 2.02. The first-order valence-corrected chi connectivity index (χ1v) is 6.91. The summed E-state index contributed by atoms with van der Waals surface area (Å²) in [5.41, 5.74) is 1.81. The van der Waals surface area contributed by atoms with Crippen LogP contribution in [0.3, 0.4) is 0 Å².